The molecule has 3 N–H and O–H groups in total. The number of rotatable bonds is 3. The first kappa shape index (κ1) is 15.0. The van der Waals surface area contributed by atoms with Gasteiger partial charge >= 0.3 is 5.97 Å². The van der Waals surface area contributed by atoms with Crippen molar-refractivity contribution in [1.29, 1.82) is 0 Å². The predicted molar refractivity (Wildman–Crippen MR) is 73.5 cm³/mol. The standard InChI is InChI=1S/C14H16N2O5/c1-14(2)4-9-7(10(17)5-14)3-8(13(21)16-9)12(20)15-6-11(18)19/h3H,4-6H2,1-2H3,(H,15,20)(H,16,21)(H,18,19). The van der Waals surface area contributed by atoms with Crippen molar-refractivity contribution in [2.45, 2.75) is 26.7 Å². The minimum Gasteiger partial charge on any atom is -0.480 e. The number of pyridine rings is 1. The van der Waals surface area contributed by atoms with E-state index in [1.807, 2.05) is 13.8 Å². The van der Waals surface area contributed by atoms with Crippen LogP contribution in [-0.4, -0.2) is 34.3 Å². The van der Waals surface area contributed by atoms with Crippen LogP contribution in [0, 0.1) is 5.41 Å². The molecule has 0 saturated carbocycles. The SMILES string of the molecule is CC1(C)CC(=O)c2cc(C(=O)NCC(=O)O)c(=O)[nH]c2C1. The molecule has 1 amide bonds. The zero-order valence-electron chi connectivity index (χ0n) is 11.8. The van der Waals surface area contributed by atoms with Crippen LogP contribution in [0.1, 0.15) is 46.7 Å². The number of carbonyl (C=O) groups is 3. The summed E-state index contributed by atoms with van der Waals surface area (Å²) in [5, 5.41) is 10.6. The number of aliphatic carboxylic acids is 1. The van der Waals surface area contributed by atoms with Gasteiger partial charge in [-0.25, -0.2) is 0 Å². The first-order valence-corrected chi connectivity index (χ1v) is 6.49. The zero-order chi connectivity index (χ0) is 15.8. The number of carboxylic acids is 1. The number of hydrogen-bond donors (Lipinski definition) is 3. The molecule has 0 spiro atoms. The highest BCUT2D eigenvalue weighted by Crippen LogP contribution is 2.33. The van der Waals surface area contributed by atoms with Gasteiger partial charge < -0.3 is 15.4 Å². The third kappa shape index (κ3) is 3.18. The summed E-state index contributed by atoms with van der Waals surface area (Å²) in [5.41, 5.74) is -0.254. The van der Waals surface area contributed by atoms with Gasteiger partial charge in [0.15, 0.2) is 5.78 Å². The maximum atomic E-state index is 12.1. The van der Waals surface area contributed by atoms with Gasteiger partial charge in [-0.15, -0.1) is 0 Å². The molecule has 0 aromatic carbocycles. The van der Waals surface area contributed by atoms with Gasteiger partial charge in [0.2, 0.25) is 0 Å². The molecule has 112 valence electrons. The van der Waals surface area contributed by atoms with E-state index in [4.69, 9.17) is 5.11 Å². The average molecular weight is 292 g/mol. The van der Waals surface area contributed by atoms with Gasteiger partial charge in [-0.2, -0.15) is 0 Å². The second-order valence-electron chi connectivity index (χ2n) is 5.92. The number of fused-ring (bicyclic) bond motifs is 1. The van der Waals surface area contributed by atoms with Crippen molar-refractivity contribution in [1.82, 2.24) is 10.3 Å². The minimum absolute atomic E-state index is 0.134. The number of hydrogen-bond acceptors (Lipinski definition) is 4. The lowest BCUT2D eigenvalue weighted by molar-refractivity contribution is -0.135. The molecule has 0 unspecified atom stereocenters. The number of ketones is 1. The Bertz CT molecular complexity index is 687. The normalized spacial score (nSPS) is 16.2. The lowest BCUT2D eigenvalue weighted by atomic mass is 9.75. The van der Waals surface area contributed by atoms with Gasteiger partial charge in [0, 0.05) is 17.7 Å². The van der Waals surface area contributed by atoms with Crippen molar-refractivity contribution in [3.8, 4) is 0 Å². The van der Waals surface area contributed by atoms with E-state index in [2.05, 4.69) is 10.3 Å². The Hall–Kier alpha value is -2.44. The van der Waals surface area contributed by atoms with Gasteiger partial charge in [-0.05, 0) is 17.9 Å². The summed E-state index contributed by atoms with van der Waals surface area (Å²) in [6, 6.07) is 1.25. The highest BCUT2D eigenvalue weighted by Gasteiger charge is 2.32. The fraction of sp³-hybridized carbons (Fsp3) is 0.429. The highest BCUT2D eigenvalue weighted by molar-refractivity contribution is 6.02. The van der Waals surface area contributed by atoms with Crippen LogP contribution in [0.5, 0.6) is 0 Å². The number of aromatic nitrogens is 1. The molecule has 0 saturated heterocycles. The molecule has 1 heterocycles. The Morgan fingerprint density at radius 2 is 2.00 bits per heavy atom. The van der Waals surface area contributed by atoms with Crippen molar-refractivity contribution in [3.05, 3.63) is 33.2 Å². The molecule has 21 heavy (non-hydrogen) atoms. The highest BCUT2D eigenvalue weighted by atomic mass is 16.4. The van der Waals surface area contributed by atoms with Crippen LogP contribution in [0.4, 0.5) is 0 Å². The molecule has 0 fully saturated rings. The lowest BCUT2D eigenvalue weighted by Crippen LogP contribution is -2.36. The molecule has 1 aliphatic rings. The van der Waals surface area contributed by atoms with Crippen molar-refractivity contribution < 1.29 is 19.5 Å². The molecule has 1 aromatic rings. The van der Waals surface area contributed by atoms with Gasteiger partial charge in [0.1, 0.15) is 12.1 Å². The van der Waals surface area contributed by atoms with Crippen LogP contribution >= 0.6 is 0 Å². The molecule has 7 heteroatoms. The van der Waals surface area contributed by atoms with E-state index in [9.17, 15) is 19.2 Å². The number of amides is 1. The second kappa shape index (κ2) is 5.16. The Labute approximate surface area is 120 Å². The van der Waals surface area contributed by atoms with Crippen LogP contribution in [0.15, 0.2) is 10.9 Å². The summed E-state index contributed by atoms with van der Waals surface area (Å²) >= 11 is 0. The molecular weight excluding hydrogens is 276 g/mol. The Morgan fingerprint density at radius 3 is 2.62 bits per heavy atom. The average Bonchev–Trinajstić information content (AvgIpc) is 2.33. The summed E-state index contributed by atoms with van der Waals surface area (Å²) in [6.45, 7) is 3.27. The topological polar surface area (TPSA) is 116 Å². The number of carboxylic acid groups (broad SMARTS) is 1. The van der Waals surface area contributed by atoms with Crippen molar-refractivity contribution >= 4 is 17.7 Å². The monoisotopic (exact) mass is 292 g/mol. The van der Waals surface area contributed by atoms with E-state index in [0.29, 0.717) is 24.1 Å². The molecule has 0 atom stereocenters. The first-order valence-electron chi connectivity index (χ1n) is 6.49. The third-order valence-corrected chi connectivity index (χ3v) is 3.36. The number of H-pyrrole nitrogens is 1. The van der Waals surface area contributed by atoms with E-state index in [0.717, 1.165) is 0 Å². The van der Waals surface area contributed by atoms with Gasteiger partial charge in [0.25, 0.3) is 11.5 Å². The summed E-state index contributed by atoms with van der Waals surface area (Å²) in [5.74, 6) is -2.15. The van der Waals surface area contributed by atoms with E-state index in [1.165, 1.54) is 6.07 Å². The smallest absolute Gasteiger partial charge is 0.322 e. The fourth-order valence-electron chi connectivity index (χ4n) is 2.45. The van der Waals surface area contributed by atoms with Crippen LogP contribution in [0.3, 0.4) is 0 Å². The van der Waals surface area contributed by atoms with Gasteiger partial charge in [-0.3, -0.25) is 19.2 Å². The van der Waals surface area contributed by atoms with Crippen molar-refractivity contribution in [2.24, 2.45) is 5.41 Å². The fourth-order valence-corrected chi connectivity index (χ4v) is 2.45. The molecule has 1 aromatic heterocycles. The van der Waals surface area contributed by atoms with Gasteiger partial charge in [-0.1, -0.05) is 13.8 Å². The van der Waals surface area contributed by atoms with E-state index in [1.54, 1.807) is 0 Å². The molecule has 7 nitrogen and oxygen atoms in total. The zero-order valence-corrected chi connectivity index (χ0v) is 11.8. The van der Waals surface area contributed by atoms with Crippen LogP contribution in [0.25, 0.3) is 0 Å². The molecule has 0 radical (unpaired) electrons. The molecule has 2 rings (SSSR count). The van der Waals surface area contributed by atoms with Crippen molar-refractivity contribution in [2.75, 3.05) is 6.54 Å². The van der Waals surface area contributed by atoms with Crippen LogP contribution in [-0.2, 0) is 11.2 Å². The molecule has 1 aliphatic carbocycles. The number of aromatic amines is 1. The van der Waals surface area contributed by atoms with E-state index >= 15 is 0 Å². The maximum Gasteiger partial charge on any atom is 0.322 e. The number of Topliss-reactive ketones (excluding diaryl/α,β-unsaturated/α-hetero) is 1. The third-order valence-electron chi connectivity index (χ3n) is 3.36. The quantitative estimate of drug-likeness (QED) is 0.743. The van der Waals surface area contributed by atoms with Crippen LogP contribution < -0.4 is 10.9 Å². The molecule has 0 bridgehead atoms. The summed E-state index contributed by atoms with van der Waals surface area (Å²) < 4.78 is 0. The molecule has 0 aliphatic heterocycles. The Morgan fingerprint density at radius 1 is 1.33 bits per heavy atom. The number of carbonyl (C=O) groups excluding carboxylic acids is 2. The Kier molecular flexibility index (Phi) is 3.67. The minimum atomic E-state index is -1.21. The van der Waals surface area contributed by atoms with E-state index in [-0.39, 0.29) is 16.8 Å². The lowest BCUT2D eigenvalue weighted by Gasteiger charge is -2.29. The van der Waals surface area contributed by atoms with Crippen molar-refractivity contribution in [3.63, 3.8) is 0 Å². The summed E-state index contributed by atoms with van der Waals surface area (Å²) in [7, 11) is 0. The summed E-state index contributed by atoms with van der Waals surface area (Å²) in [4.78, 5) is 48.8. The second-order valence-corrected chi connectivity index (χ2v) is 5.92. The maximum absolute atomic E-state index is 12.1. The molecular formula is C14H16N2O5. The first-order chi connectivity index (χ1) is 9.69. The van der Waals surface area contributed by atoms with Crippen LogP contribution in [0.2, 0.25) is 0 Å². The summed E-state index contributed by atoms with van der Waals surface area (Å²) in [6.07, 6.45) is 0.878. The predicted octanol–water partition coefficient (Wildman–Crippen LogP) is 0.344. The van der Waals surface area contributed by atoms with E-state index < -0.39 is 24.0 Å². The largest absolute Gasteiger partial charge is 0.480 e. The van der Waals surface area contributed by atoms with Gasteiger partial charge in [0.05, 0.1) is 0 Å². The number of nitrogens with one attached hydrogen (secondary N) is 2. The Balaban J connectivity index is 2.38.